The van der Waals surface area contributed by atoms with Gasteiger partial charge >= 0.3 is 12.3 Å². The third kappa shape index (κ3) is 5.84. The van der Waals surface area contributed by atoms with Gasteiger partial charge in [-0.05, 0) is 56.2 Å². The fourth-order valence-corrected chi connectivity index (χ4v) is 17.3. The van der Waals surface area contributed by atoms with Crippen molar-refractivity contribution in [3.8, 4) is 0 Å². The molecular formula is C3H3Cl5F4N3OP3. The summed E-state index contributed by atoms with van der Waals surface area (Å²) >= 11 is 28.2. The largest absolute Gasteiger partial charge is 0.330 e. The third-order valence-electron chi connectivity index (χ3n) is 1.39. The van der Waals surface area contributed by atoms with Crippen LogP contribution in [0.3, 0.4) is 0 Å². The van der Waals surface area contributed by atoms with Gasteiger partial charge in [-0.25, -0.2) is 8.78 Å². The molecule has 0 radical (unpaired) electrons. The first-order valence-electron chi connectivity index (χ1n) is 3.97. The standard InChI is InChI=1S/C3H3Cl5F4N3OP3/c4-17(5)13-18(6,7)15-19(8,14-17)16-1-3(11,12)2(9)10/h2H,1H2. The number of rotatable bonds is 4. The van der Waals surface area contributed by atoms with E-state index < -0.39 is 37.6 Å². The zero-order chi connectivity index (χ0) is 15.1. The summed E-state index contributed by atoms with van der Waals surface area (Å²) in [5, 5.41) is 0. The summed E-state index contributed by atoms with van der Waals surface area (Å²) < 4.78 is 64.2. The van der Waals surface area contributed by atoms with Crippen molar-refractivity contribution in [2.24, 2.45) is 13.5 Å². The highest BCUT2D eigenvalue weighted by atomic mass is 35.9. The quantitative estimate of drug-likeness (QED) is 0.321. The Morgan fingerprint density at radius 1 is 0.947 bits per heavy atom. The van der Waals surface area contributed by atoms with Crippen molar-refractivity contribution in [2.75, 3.05) is 6.61 Å². The Hall–Kier alpha value is 1.82. The number of halogens is 9. The van der Waals surface area contributed by atoms with Crippen LogP contribution in [0.4, 0.5) is 17.6 Å². The first kappa shape index (κ1) is 18.9. The summed E-state index contributed by atoms with van der Waals surface area (Å²) in [6.07, 6.45) is -3.94. The van der Waals surface area contributed by atoms with Gasteiger partial charge in [-0.3, -0.25) is 0 Å². The average Bonchev–Trinajstić information content (AvgIpc) is 2.08. The number of hydrogen-bond acceptors (Lipinski definition) is 4. The predicted octanol–water partition coefficient (Wildman–Crippen LogP) is 7.95. The molecule has 0 aliphatic carbocycles. The Kier molecular flexibility index (Phi) is 6.09. The van der Waals surface area contributed by atoms with Gasteiger partial charge in [-0.2, -0.15) is 22.3 Å². The third-order valence-corrected chi connectivity index (χ3v) is 13.4. The van der Waals surface area contributed by atoms with Crippen LogP contribution >= 0.6 is 74.8 Å². The lowest BCUT2D eigenvalue weighted by Crippen LogP contribution is -2.31. The van der Waals surface area contributed by atoms with E-state index in [1.54, 1.807) is 0 Å². The van der Waals surface area contributed by atoms with Crippen LogP contribution < -0.4 is 0 Å². The first-order valence-corrected chi connectivity index (χ1v) is 13.5. The molecule has 0 fully saturated rings. The fourth-order valence-electron chi connectivity index (χ4n) is 0.731. The van der Waals surface area contributed by atoms with E-state index >= 15 is 0 Å². The molecule has 1 rings (SSSR count). The van der Waals surface area contributed by atoms with Crippen molar-refractivity contribution < 1.29 is 22.1 Å². The van der Waals surface area contributed by atoms with Crippen molar-refractivity contribution in [1.29, 1.82) is 0 Å². The monoisotopic (exact) mass is 441 g/mol. The molecule has 0 N–H and O–H groups in total. The van der Waals surface area contributed by atoms with Gasteiger partial charge in [0, 0.05) is 0 Å². The normalized spacial score (nSPS) is 29.4. The molecule has 0 amide bonds. The minimum absolute atomic E-state index is 1.73. The second-order valence-corrected chi connectivity index (χ2v) is 16.2. The highest BCUT2D eigenvalue weighted by Gasteiger charge is 2.44. The smallest absolute Gasteiger partial charge is 0.309 e. The number of hydrogen-bond donors (Lipinski definition) is 0. The molecule has 0 aromatic rings. The first-order chi connectivity index (χ1) is 8.27. The lowest BCUT2D eigenvalue weighted by atomic mass is 10.4. The lowest BCUT2D eigenvalue weighted by molar-refractivity contribution is -0.147. The van der Waals surface area contributed by atoms with Crippen LogP contribution in [0.5, 0.6) is 0 Å². The van der Waals surface area contributed by atoms with Gasteiger partial charge in [0.15, 0.2) is 0 Å². The Bertz CT molecular complexity index is 519. The molecule has 1 unspecified atom stereocenters. The van der Waals surface area contributed by atoms with Crippen molar-refractivity contribution in [2.45, 2.75) is 12.3 Å². The summed E-state index contributed by atoms with van der Waals surface area (Å²) in [5.74, 6) is -11.3. The SMILES string of the molecule is FC(F)C(F)(F)COP1(Cl)=NP(Cl)(Cl)=NP(Cl)(Cl)=N1. The van der Waals surface area contributed by atoms with Crippen LogP contribution in [0.2, 0.25) is 0 Å². The second-order valence-electron chi connectivity index (χ2n) is 2.99. The zero-order valence-corrected chi connectivity index (χ0v) is 14.7. The molecular weight excluding hydrogens is 440 g/mol. The van der Waals surface area contributed by atoms with E-state index in [1.807, 2.05) is 0 Å². The van der Waals surface area contributed by atoms with Crippen molar-refractivity contribution in [3.63, 3.8) is 0 Å². The molecule has 0 aromatic carbocycles. The summed E-state index contributed by atoms with van der Waals surface area (Å²) in [6, 6.07) is 0. The fraction of sp³-hybridized carbons (Fsp3) is 1.00. The second kappa shape index (κ2) is 6.14. The van der Waals surface area contributed by atoms with Gasteiger partial charge in [0.05, 0.1) is 0 Å². The number of alkyl halides is 4. The summed E-state index contributed by atoms with van der Waals surface area (Å²) in [5.41, 5.74) is 0. The van der Waals surface area contributed by atoms with E-state index in [-0.39, 0.29) is 0 Å². The molecule has 1 aliphatic heterocycles. The topological polar surface area (TPSA) is 46.3 Å². The Morgan fingerprint density at radius 3 is 1.84 bits per heavy atom. The van der Waals surface area contributed by atoms with Crippen molar-refractivity contribution in [1.82, 2.24) is 0 Å². The molecule has 0 spiro atoms. The molecule has 0 saturated carbocycles. The van der Waals surface area contributed by atoms with Crippen LogP contribution in [0.15, 0.2) is 13.5 Å². The van der Waals surface area contributed by atoms with Crippen molar-refractivity contribution >= 4 is 74.8 Å². The molecule has 1 atom stereocenters. The van der Waals surface area contributed by atoms with Gasteiger partial charge < -0.3 is 4.52 Å². The highest BCUT2D eigenvalue weighted by Crippen LogP contribution is 2.86. The van der Waals surface area contributed by atoms with Crippen LogP contribution in [0.1, 0.15) is 0 Å². The van der Waals surface area contributed by atoms with Crippen LogP contribution in [-0.2, 0) is 4.52 Å². The molecule has 4 nitrogen and oxygen atoms in total. The lowest BCUT2D eigenvalue weighted by Gasteiger charge is -2.23. The van der Waals surface area contributed by atoms with E-state index in [1.165, 1.54) is 0 Å². The van der Waals surface area contributed by atoms with Gasteiger partial charge in [-0.1, -0.05) is 0 Å². The maximum atomic E-state index is 12.7. The molecule has 0 saturated heterocycles. The Labute approximate surface area is 129 Å². The summed E-state index contributed by atoms with van der Waals surface area (Å²) in [7, 11) is 0. The van der Waals surface area contributed by atoms with Crippen LogP contribution in [0, 0.1) is 0 Å². The molecule has 0 bridgehead atoms. The van der Waals surface area contributed by atoms with Gasteiger partial charge in [0.25, 0.3) is 18.6 Å². The number of nitrogens with zero attached hydrogens (tertiary/aromatic N) is 3. The maximum absolute atomic E-state index is 12.7. The molecule has 0 aromatic heterocycles. The van der Waals surface area contributed by atoms with Crippen LogP contribution in [0.25, 0.3) is 0 Å². The predicted molar refractivity (Wildman–Crippen MR) is 74.2 cm³/mol. The molecule has 114 valence electrons. The van der Waals surface area contributed by atoms with Gasteiger partial charge in [-0.15, -0.1) is 0 Å². The summed E-state index contributed by atoms with van der Waals surface area (Å²) in [4.78, 5) is 0. The summed E-state index contributed by atoms with van der Waals surface area (Å²) in [6.45, 7) is -5.58. The van der Waals surface area contributed by atoms with Crippen LogP contribution in [-0.4, -0.2) is 19.0 Å². The Morgan fingerprint density at radius 2 is 1.42 bits per heavy atom. The van der Waals surface area contributed by atoms with E-state index in [2.05, 4.69) is 18.1 Å². The molecule has 16 heteroatoms. The molecule has 1 aliphatic rings. The van der Waals surface area contributed by atoms with Crippen molar-refractivity contribution in [3.05, 3.63) is 0 Å². The highest BCUT2D eigenvalue weighted by molar-refractivity contribution is 8.22. The maximum Gasteiger partial charge on any atom is 0.330 e. The van der Waals surface area contributed by atoms with E-state index in [9.17, 15) is 17.6 Å². The van der Waals surface area contributed by atoms with Gasteiger partial charge in [0.2, 0.25) is 0 Å². The molecule has 19 heavy (non-hydrogen) atoms. The average molecular weight is 443 g/mol. The minimum atomic E-state index is -4.43. The molecule has 1 heterocycles. The van der Waals surface area contributed by atoms with Gasteiger partial charge in [0.1, 0.15) is 6.61 Å². The van der Waals surface area contributed by atoms with E-state index in [0.717, 1.165) is 0 Å². The van der Waals surface area contributed by atoms with E-state index in [0.29, 0.717) is 0 Å². The Balaban J connectivity index is 3.05. The zero-order valence-electron chi connectivity index (χ0n) is 8.28. The van der Waals surface area contributed by atoms with E-state index in [4.69, 9.17) is 56.2 Å². The minimum Gasteiger partial charge on any atom is -0.309 e.